The van der Waals surface area contributed by atoms with Crippen LogP contribution in [0.1, 0.15) is 54.5 Å². The molecule has 1 aliphatic heterocycles. The van der Waals surface area contributed by atoms with E-state index in [4.69, 9.17) is 17.3 Å². The van der Waals surface area contributed by atoms with Gasteiger partial charge in [-0.3, -0.25) is 4.79 Å². The SMILES string of the molecule is Cl.NCC1CCCCN1C(=O)c1nc(C2CC2)n(-c2ccccc2Cl)n1. The van der Waals surface area contributed by atoms with E-state index in [2.05, 4.69) is 10.1 Å². The molecule has 2 aliphatic rings. The van der Waals surface area contributed by atoms with Crippen LogP contribution in [-0.4, -0.2) is 44.7 Å². The number of carbonyl (C=O) groups is 1. The van der Waals surface area contributed by atoms with Crippen molar-refractivity contribution in [3.8, 4) is 5.69 Å². The molecule has 140 valence electrons. The Balaban J connectivity index is 0.00000196. The van der Waals surface area contributed by atoms with Gasteiger partial charge in [0.1, 0.15) is 5.82 Å². The Bertz CT molecular complexity index is 790. The molecule has 8 heteroatoms. The number of aromatic nitrogens is 3. The van der Waals surface area contributed by atoms with Gasteiger partial charge in [-0.15, -0.1) is 17.5 Å². The Morgan fingerprint density at radius 1 is 1.23 bits per heavy atom. The molecule has 1 aliphatic carbocycles. The van der Waals surface area contributed by atoms with Crippen molar-refractivity contribution in [2.24, 2.45) is 5.73 Å². The highest BCUT2D eigenvalue weighted by atomic mass is 35.5. The molecule has 4 rings (SSSR count). The van der Waals surface area contributed by atoms with E-state index in [1.54, 1.807) is 4.68 Å². The minimum Gasteiger partial charge on any atom is -0.332 e. The number of hydrogen-bond acceptors (Lipinski definition) is 4. The summed E-state index contributed by atoms with van der Waals surface area (Å²) in [6.07, 6.45) is 5.21. The normalized spacial score (nSPS) is 19.9. The third-order valence-electron chi connectivity index (χ3n) is 5.01. The average molecular weight is 396 g/mol. The molecule has 1 aromatic carbocycles. The molecule has 0 bridgehead atoms. The van der Waals surface area contributed by atoms with Crippen LogP contribution in [-0.2, 0) is 0 Å². The number of likely N-dealkylation sites (tertiary alicyclic amines) is 1. The average Bonchev–Trinajstić information content (AvgIpc) is 3.40. The van der Waals surface area contributed by atoms with Crippen molar-refractivity contribution >= 4 is 29.9 Å². The Morgan fingerprint density at radius 3 is 2.69 bits per heavy atom. The minimum atomic E-state index is -0.122. The lowest BCUT2D eigenvalue weighted by atomic mass is 10.0. The van der Waals surface area contributed by atoms with E-state index in [0.29, 0.717) is 17.5 Å². The molecule has 1 saturated heterocycles. The molecule has 1 atom stereocenters. The van der Waals surface area contributed by atoms with Gasteiger partial charge in [0.15, 0.2) is 0 Å². The van der Waals surface area contributed by atoms with Gasteiger partial charge in [-0.1, -0.05) is 23.7 Å². The van der Waals surface area contributed by atoms with Crippen LogP contribution in [0, 0.1) is 0 Å². The number of nitrogens with zero attached hydrogens (tertiary/aromatic N) is 4. The lowest BCUT2D eigenvalue weighted by Gasteiger charge is -2.34. The van der Waals surface area contributed by atoms with Crippen molar-refractivity contribution in [1.29, 1.82) is 0 Å². The Hall–Kier alpha value is -1.63. The van der Waals surface area contributed by atoms with Crippen LogP contribution in [0.5, 0.6) is 0 Å². The van der Waals surface area contributed by atoms with Gasteiger partial charge in [0.25, 0.3) is 5.91 Å². The zero-order chi connectivity index (χ0) is 17.4. The third-order valence-corrected chi connectivity index (χ3v) is 5.33. The number of nitrogens with two attached hydrogens (primary N) is 1. The van der Waals surface area contributed by atoms with E-state index in [-0.39, 0.29) is 30.2 Å². The number of piperidine rings is 1. The van der Waals surface area contributed by atoms with Crippen molar-refractivity contribution in [2.45, 2.75) is 44.1 Å². The highest BCUT2D eigenvalue weighted by Crippen LogP contribution is 2.40. The molecule has 1 aromatic heterocycles. The molecule has 2 aromatic rings. The molecule has 2 heterocycles. The predicted molar refractivity (Wildman–Crippen MR) is 103 cm³/mol. The largest absolute Gasteiger partial charge is 0.332 e. The predicted octanol–water partition coefficient (Wildman–Crippen LogP) is 3.17. The maximum atomic E-state index is 13.0. The van der Waals surface area contributed by atoms with Crippen LogP contribution in [0.25, 0.3) is 5.69 Å². The van der Waals surface area contributed by atoms with Crippen LogP contribution >= 0.6 is 24.0 Å². The fourth-order valence-corrected chi connectivity index (χ4v) is 3.68. The number of amides is 1. The van der Waals surface area contributed by atoms with Gasteiger partial charge in [-0.2, -0.15) is 0 Å². The van der Waals surface area contributed by atoms with E-state index in [1.807, 2.05) is 29.2 Å². The van der Waals surface area contributed by atoms with Crippen LogP contribution in [0.15, 0.2) is 24.3 Å². The van der Waals surface area contributed by atoms with Gasteiger partial charge in [0.2, 0.25) is 5.82 Å². The minimum absolute atomic E-state index is 0. The topological polar surface area (TPSA) is 77.0 Å². The quantitative estimate of drug-likeness (QED) is 0.861. The number of hydrogen-bond donors (Lipinski definition) is 1. The second-order valence-corrected chi connectivity index (χ2v) is 7.22. The number of para-hydroxylation sites is 1. The first-order chi connectivity index (χ1) is 12.2. The molecule has 0 radical (unpaired) electrons. The summed E-state index contributed by atoms with van der Waals surface area (Å²) < 4.78 is 1.74. The summed E-state index contributed by atoms with van der Waals surface area (Å²) in [5.41, 5.74) is 6.63. The molecule has 1 saturated carbocycles. The first-order valence-corrected chi connectivity index (χ1v) is 9.29. The van der Waals surface area contributed by atoms with Crippen molar-refractivity contribution in [3.05, 3.63) is 40.9 Å². The van der Waals surface area contributed by atoms with Gasteiger partial charge in [0, 0.05) is 25.0 Å². The van der Waals surface area contributed by atoms with E-state index < -0.39 is 0 Å². The summed E-state index contributed by atoms with van der Waals surface area (Å²) in [5, 5.41) is 5.14. The van der Waals surface area contributed by atoms with Crippen LogP contribution < -0.4 is 5.73 Å². The first kappa shape index (κ1) is 19.1. The summed E-state index contributed by atoms with van der Waals surface area (Å²) in [5.74, 6) is 1.32. The Morgan fingerprint density at radius 2 is 2.00 bits per heavy atom. The maximum absolute atomic E-state index is 13.0. The first-order valence-electron chi connectivity index (χ1n) is 8.92. The van der Waals surface area contributed by atoms with Crippen molar-refractivity contribution < 1.29 is 4.79 Å². The van der Waals surface area contributed by atoms with Gasteiger partial charge in [-0.05, 0) is 44.2 Å². The second-order valence-electron chi connectivity index (χ2n) is 6.81. The highest BCUT2D eigenvalue weighted by Gasteiger charge is 2.34. The van der Waals surface area contributed by atoms with Crippen molar-refractivity contribution in [2.75, 3.05) is 13.1 Å². The Kier molecular flexibility index (Phi) is 5.85. The molecule has 26 heavy (non-hydrogen) atoms. The summed E-state index contributed by atoms with van der Waals surface area (Å²) in [4.78, 5) is 19.4. The smallest absolute Gasteiger partial charge is 0.293 e. The summed E-state index contributed by atoms with van der Waals surface area (Å²) in [6.45, 7) is 1.20. The number of rotatable bonds is 4. The van der Waals surface area contributed by atoms with E-state index in [1.165, 1.54) is 0 Å². The van der Waals surface area contributed by atoms with Crippen molar-refractivity contribution in [3.63, 3.8) is 0 Å². The number of benzene rings is 1. The van der Waals surface area contributed by atoms with E-state index >= 15 is 0 Å². The molecule has 2 N–H and O–H groups in total. The zero-order valence-corrected chi connectivity index (χ0v) is 16.0. The Labute approximate surface area is 164 Å². The zero-order valence-electron chi connectivity index (χ0n) is 14.5. The van der Waals surface area contributed by atoms with Gasteiger partial charge in [0.05, 0.1) is 10.7 Å². The molecular weight excluding hydrogens is 373 g/mol. The fourth-order valence-electron chi connectivity index (χ4n) is 3.46. The molecule has 6 nitrogen and oxygen atoms in total. The van der Waals surface area contributed by atoms with Crippen LogP contribution in [0.4, 0.5) is 0 Å². The van der Waals surface area contributed by atoms with Gasteiger partial charge in [-0.25, -0.2) is 9.67 Å². The summed E-state index contributed by atoms with van der Waals surface area (Å²) in [6, 6.07) is 7.60. The lowest BCUT2D eigenvalue weighted by molar-refractivity contribution is 0.0610. The van der Waals surface area contributed by atoms with Gasteiger partial charge < -0.3 is 10.6 Å². The van der Waals surface area contributed by atoms with E-state index in [0.717, 1.165) is 50.2 Å². The highest BCUT2D eigenvalue weighted by molar-refractivity contribution is 6.32. The molecular formula is C18H23Cl2N5O. The standard InChI is InChI=1S/C18H22ClN5O.ClH/c19-14-6-1-2-7-15(14)24-17(12-8-9-12)21-16(22-24)18(25)23-10-4-3-5-13(23)11-20;/h1-2,6-7,12-13H,3-5,8-11,20H2;1H. The van der Waals surface area contributed by atoms with Crippen LogP contribution in [0.3, 0.4) is 0 Å². The van der Waals surface area contributed by atoms with Crippen molar-refractivity contribution in [1.82, 2.24) is 19.7 Å². The summed E-state index contributed by atoms with van der Waals surface area (Å²) in [7, 11) is 0. The molecule has 2 fully saturated rings. The van der Waals surface area contributed by atoms with E-state index in [9.17, 15) is 4.79 Å². The molecule has 1 amide bonds. The maximum Gasteiger partial charge on any atom is 0.293 e. The van der Waals surface area contributed by atoms with Crippen LogP contribution in [0.2, 0.25) is 5.02 Å². The summed E-state index contributed by atoms with van der Waals surface area (Å²) >= 11 is 6.34. The monoisotopic (exact) mass is 395 g/mol. The lowest BCUT2D eigenvalue weighted by Crippen LogP contribution is -2.47. The number of halogens is 2. The molecule has 0 spiro atoms. The molecule has 1 unspecified atom stereocenters. The fraction of sp³-hybridized carbons (Fsp3) is 0.500. The number of carbonyl (C=O) groups excluding carboxylic acids is 1. The van der Waals surface area contributed by atoms with Gasteiger partial charge >= 0.3 is 0 Å². The third kappa shape index (κ3) is 3.59. The second kappa shape index (κ2) is 7.94.